The minimum absolute atomic E-state index is 0.192. The molecule has 1 heterocycles. The monoisotopic (exact) mass is 234 g/mol. The zero-order valence-electron chi connectivity index (χ0n) is 8.73. The van der Waals surface area contributed by atoms with E-state index >= 15 is 0 Å². The third kappa shape index (κ3) is 3.79. The normalized spacial score (nSPS) is 18.7. The van der Waals surface area contributed by atoms with E-state index in [1.807, 2.05) is 0 Å². The van der Waals surface area contributed by atoms with Crippen LogP contribution in [-0.2, 0) is 19.4 Å². The summed E-state index contributed by atoms with van der Waals surface area (Å²) in [5, 5.41) is 2.63. The van der Waals surface area contributed by atoms with Crippen LogP contribution in [-0.4, -0.2) is 39.3 Å². The average molecular weight is 234 g/mol. The second-order valence-corrected chi connectivity index (χ2v) is 5.49. The summed E-state index contributed by atoms with van der Waals surface area (Å²) in [4.78, 5) is 11.0. The number of carbonyl (C=O) groups excluding carboxylic acids is 1. The molecule has 0 unspecified atom stereocenters. The topological polar surface area (TPSA) is 72.5 Å². The molecule has 87 valence electrons. The van der Waals surface area contributed by atoms with Crippen molar-refractivity contribution < 1.29 is 17.9 Å². The summed E-state index contributed by atoms with van der Waals surface area (Å²) in [6.45, 7) is 3.20. The van der Waals surface area contributed by atoms with E-state index in [9.17, 15) is 13.2 Å². The lowest BCUT2D eigenvalue weighted by molar-refractivity contribution is -0.138. The van der Waals surface area contributed by atoms with E-state index in [0.717, 1.165) is 0 Å². The second-order valence-electron chi connectivity index (χ2n) is 3.41. The Balaban J connectivity index is 2.53. The predicted molar refractivity (Wildman–Crippen MR) is 55.7 cm³/mol. The van der Waals surface area contributed by atoms with Crippen molar-refractivity contribution in [2.24, 2.45) is 0 Å². The highest BCUT2D eigenvalue weighted by Gasteiger charge is 2.30. The van der Waals surface area contributed by atoms with Crippen molar-refractivity contribution in [2.45, 2.75) is 25.0 Å². The minimum Gasteiger partial charge on any atom is -0.465 e. The molecule has 0 aromatic heterocycles. The Morgan fingerprint density at radius 3 is 2.60 bits per heavy atom. The molecular weight excluding hydrogens is 218 g/mol. The maximum Gasteiger partial charge on any atom is 0.326 e. The summed E-state index contributed by atoms with van der Waals surface area (Å²) in [5.41, 5.74) is 0. The molecule has 0 aliphatic carbocycles. The van der Waals surface area contributed by atoms with Crippen LogP contribution >= 0.6 is 0 Å². The first-order valence-corrected chi connectivity index (χ1v) is 6.63. The van der Waals surface area contributed by atoms with Gasteiger partial charge >= 0.3 is 5.97 Å². The maximum atomic E-state index is 11.7. The SMILES string of the molecule is CCOC(=O)[CH]S(=O)(=O)C1CCNCC1. The van der Waals surface area contributed by atoms with Gasteiger partial charge in [0.05, 0.1) is 11.9 Å². The Kier molecular flexibility index (Phi) is 4.53. The molecule has 0 aromatic carbocycles. The van der Waals surface area contributed by atoms with Gasteiger partial charge in [-0.1, -0.05) is 0 Å². The van der Waals surface area contributed by atoms with Gasteiger partial charge in [-0.2, -0.15) is 0 Å². The highest BCUT2D eigenvalue weighted by Crippen LogP contribution is 2.16. The molecule has 0 atom stereocenters. The first-order chi connectivity index (χ1) is 7.06. The highest BCUT2D eigenvalue weighted by molar-refractivity contribution is 7.94. The number of hydrogen-bond acceptors (Lipinski definition) is 5. The molecule has 0 saturated carbocycles. The third-order valence-corrected chi connectivity index (χ3v) is 4.22. The lowest BCUT2D eigenvalue weighted by atomic mass is 10.2. The fourth-order valence-electron chi connectivity index (χ4n) is 1.53. The molecule has 0 amide bonds. The van der Waals surface area contributed by atoms with Gasteiger partial charge in [-0.3, -0.25) is 4.79 Å². The Morgan fingerprint density at radius 2 is 2.07 bits per heavy atom. The molecule has 15 heavy (non-hydrogen) atoms. The van der Waals surface area contributed by atoms with Gasteiger partial charge in [0.2, 0.25) is 0 Å². The van der Waals surface area contributed by atoms with E-state index in [-0.39, 0.29) is 6.61 Å². The third-order valence-electron chi connectivity index (χ3n) is 2.30. The van der Waals surface area contributed by atoms with Crippen molar-refractivity contribution in [2.75, 3.05) is 19.7 Å². The van der Waals surface area contributed by atoms with E-state index < -0.39 is 21.1 Å². The molecule has 1 fully saturated rings. The average Bonchev–Trinajstić information content (AvgIpc) is 2.18. The van der Waals surface area contributed by atoms with Gasteiger partial charge in [0.15, 0.2) is 15.6 Å². The van der Waals surface area contributed by atoms with Gasteiger partial charge in [0, 0.05) is 0 Å². The molecule has 0 spiro atoms. The molecule has 1 aliphatic heterocycles. The molecule has 1 saturated heterocycles. The quantitative estimate of drug-likeness (QED) is 0.686. The summed E-state index contributed by atoms with van der Waals surface area (Å²) < 4.78 is 28.0. The van der Waals surface area contributed by atoms with E-state index in [0.29, 0.717) is 31.7 Å². The molecule has 1 aliphatic rings. The van der Waals surface area contributed by atoms with Crippen molar-refractivity contribution in [3.63, 3.8) is 0 Å². The fraction of sp³-hybridized carbons (Fsp3) is 0.778. The lowest BCUT2D eigenvalue weighted by Gasteiger charge is -2.21. The van der Waals surface area contributed by atoms with E-state index in [4.69, 9.17) is 0 Å². The zero-order chi connectivity index (χ0) is 11.3. The summed E-state index contributed by atoms with van der Waals surface area (Å²) >= 11 is 0. The molecule has 5 nitrogen and oxygen atoms in total. The van der Waals surface area contributed by atoms with Crippen LogP contribution in [0, 0.1) is 5.75 Å². The van der Waals surface area contributed by atoms with Crippen molar-refractivity contribution in [3.05, 3.63) is 5.75 Å². The zero-order valence-corrected chi connectivity index (χ0v) is 9.55. The molecule has 6 heteroatoms. The van der Waals surface area contributed by atoms with Gasteiger partial charge in [-0.15, -0.1) is 0 Å². The predicted octanol–water partition coefficient (Wildman–Crippen LogP) is -0.122. The number of rotatable bonds is 4. The second kappa shape index (κ2) is 5.46. The number of esters is 1. The van der Waals surface area contributed by atoms with Gasteiger partial charge in [-0.05, 0) is 32.9 Å². The van der Waals surface area contributed by atoms with Gasteiger partial charge in [-0.25, -0.2) is 8.42 Å². The standard InChI is InChI=1S/C9H16NO4S/c1-2-14-9(11)7-15(12,13)8-3-5-10-6-4-8/h7-8,10H,2-6H2,1H3. The molecule has 1 radical (unpaired) electrons. The van der Waals surface area contributed by atoms with Crippen molar-refractivity contribution >= 4 is 15.8 Å². The van der Waals surface area contributed by atoms with E-state index in [2.05, 4.69) is 10.1 Å². The van der Waals surface area contributed by atoms with Crippen LogP contribution in [0.5, 0.6) is 0 Å². The highest BCUT2D eigenvalue weighted by atomic mass is 32.2. The number of ether oxygens (including phenoxy) is 1. The molecule has 0 bridgehead atoms. The number of sulfone groups is 1. The molecular formula is C9H16NO4S. The number of carbonyl (C=O) groups is 1. The van der Waals surface area contributed by atoms with Crippen molar-refractivity contribution in [3.8, 4) is 0 Å². The Labute approximate surface area is 90.1 Å². The van der Waals surface area contributed by atoms with Crippen molar-refractivity contribution in [1.29, 1.82) is 0 Å². The smallest absolute Gasteiger partial charge is 0.326 e. The lowest BCUT2D eigenvalue weighted by Crippen LogP contribution is -2.36. The Bertz CT molecular complexity index is 306. The molecule has 1 rings (SSSR count). The van der Waals surface area contributed by atoms with Gasteiger partial charge in [0.25, 0.3) is 0 Å². The summed E-state index contributed by atoms with van der Waals surface area (Å²) in [6, 6.07) is 0. The fourth-order valence-corrected chi connectivity index (χ4v) is 2.95. The summed E-state index contributed by atoms with van der Waals surface area (Å²) in [5.74, 6) is -0.0528. The van der Waals surface area contributed by atoms with Crippen LogP contribution in [0.15, 0.2) is 0 Å². The van der Waals surface area contributed by atoms with Crippen LogP contribution in [0.4, 0.5) is 0 Å². The number of nitrogens with one attached hydrogen (secondary N) is 1. The maximum absolute atomic E-state index is 11.7. The first-order valence-electron chi connectivity index (χ1n) is 5.02. The Morgan fingerprint density at radius 1 is 1.47 bits per heavy atom. The number of piperidine rings is 1. The summed E-state index contributed by atoms with van der Waals surface area (Å²) in [6.07, 6.45) is 1.11. The largest absolute Gasteiger partial charge is 0.465 e. The minimum atomic E-state index is -3.44. The first kappa shape index (κ1) is 12.4. The van der Waals surface area contributed by atoms with Crippen LogP contribution in [0.25, 0.3) is 0 Å². The van der Waals surface area contributed by atoms with Gasteiger partial charge in [0.1, 0.15) is 0 Å². The van der Waals surface area contributed by atoms with Gasteiger partial charge < -0.3 is 10.1 Å². The van der Waals surface area contributed by atoms with E-state index in [1.54, 1.807) is 6.92 Å². The van der Waals surface area contributed by atoms with Crippen LogP contribution in [0.1, 0.15) is 19.8 Å². The number of hydrogen-bond donors (Lipinski definition) is 1. The molecule has 1 N–H and O–H groups in total. The van der Waals surface area contributed by atoms with Crippen LogP contribution < -0.4 is 5.32 Å². The van der Waals surface area contributed by atoms with Crippen molar-refractivity contribution in [1.82, 2.24) is 5.32 Å². The van der Waals surface area contributed by atoms with Crippen LogP contribution in [0.3, 0.4) is 0 Å². The van der Waals surface area contributed by atoms with Crippen LogP contribution in [0.2, 0.25) is 0 Å². The van der Waals surface area contributed by atoms with E-state index in [1.165, 1.54) is 0 Å². The Hall–Kier alpha value is -0.620. The molecule has 0 aromatic rings. The summed E-state index contributed by atoms with van der Waals surface area (Å²) in [7, 11) is -3.44.